The zero-order valence-electron chi connectivity index (χ0n) is 9.77. The first-order valence-electron chi connectivity index (χ1n) is 5.29. The van der Waals surface area contributed by atoms with Crippen molar-refractivity contribution in [2.45, 2.75) is 6.92 Å². The first-order chi connectivity index (χ1) is 8.85. The van der Waals surface area contributed by atoms with Crippen LogP contribution in [0.3, 0.4) is 0 Å². The molecule has 0 radical (unpaired) electrons. The highest BCUT2D eigenvalue weighted by Crippen LogP contribution is 2.23. The van der Waals surface area contributed by atoms with Gasteiger partial charge >= 0.3 is 0 Å². The van der Waals surface area contributed by atoms with E-state index in [0.29, 0.717) is 23.7 Å². The fourth-order valence-electron chi connectivity index (χ4n) is 1.43. The summed E-state index contributed by atoms with van der Waals surface area (Å²) in [5.74, 6) is 6.25. The topological polar surface area (TPSA) is 74.6 Å². The lowest BCUT2D eigenvalue weighted by Gasteiger charge is -2.03. The quantitative estimate of drug-likeness (QED) is 0.826. The van der Waals surface area contributed by atoms with Gasteiger partial charge in [-0.3, -0.25) is 0 Å². The number of benzene rings is 1. The predicted octanol–water partition coefficient (Wildman–Crippen LogP) is 1.75. The van der Waals surface area contributed by atoms with Crippen molar-refractivity contribution in [1.29, 1.82) is 5.26 Å². The Hall–Kier alpha value is -2.79. The van der Waals surface area contributed by atoms with Crippen molar-refractivity contribution < 1.29 is 4.74 Å². The molecule has 0 atom stereocenters. The van der Waals surface area contributed by atoms with Gasteiger partial charge in [-0.2, -0.15) is 5.26 Å². The van der Waals surface area contributed by atoms with Gasteiger partial charge in [0.25, 0.3) is 0 Å². The lowest BCUT2D eigenvalue weighted by molar-refractivity contribution is 0.370. The molecule has 1 aromatic carbocycles. The van der Waals surface area contributed by atoms with Crippen molar-refractivity contribution in [1.82, 2.24) is 15.4 Å². The first-order valence-corrected chi connectivity index (χ1v) is 5.29. The van der Waals surface area contributed by atoms with Crippen LogP contribution in [-0.4, -0.2) is 22.0 Å². The summed E-state index contributed by atoms with van der Waals surface area (Å²) in [6.07, 6.45) is 0. The number of aromatic nitrogens is 3. The Labute approximate surface area is 104 Å². The van der Waals surface area contributed by atoms with Gasteiger partial charge in [-0.05, 0) is 19.1 Å². The lowest BCUT2D eigenvalue weighted by Crippen LogP contribution is -1.94. The van der Waals surface area contributed by atoms with Crippen LogP contribution in [0.25, 0.3) is 11.3 Å². The third-order valence-electron chi connectivity index (χ3n) is 2.26. The molecule has 0 unspecified atom stereocenters. The van der Waals surface area contributed by atoms with Crippen LogP contribution >= 0.6 is 0 Å². The van der Waals surface area contributed by atoms with Crippen LogP contribution < -0.4 is 4.74 Å². The molecule has 0 saturated carbocycles. The zero-order valence-corrected chi connectivity index (χ0v) is 9.77. The van der Waals surface area contributed by atoms with Crippen LogP contribution in [0.5, 0.6) is 5.75 Å². The van der Waals surface area contributed by atoms with E-state index in [1.807, 2.05) is 24.3 Å². The summed E-state index contributed by atoms with van der Waals surface area (Å²) in [6.45, 7) is 2.10. The number of hydrogen-bond acceptors (Lipinski definition) is 4. The molecule has 0 aliphatic rings. The number of aromatic amines is 1. The first kappa shape index (κ1) is 11.7. The van der Waals surface area contributed by atoms with Crippen molar-refractivity contribution in [2.75, 3.05) is 6.61 Å². The number of hydrogen-bond donors (Lipinski definition) is 1. The molecule has 0 spiro atoms. The van der Waals surface area contributed by atoms with Crippen molar-refractivity contribution in [3.05, 3.63) is 30.0 Å². The van der Waals surface area contributed by atoms with Gasteiger partial charge in [0, 0.05) is 5.56 Å². The van der Waals surface area contributed by atoms with Crippen LogP contribution in [0.15, 0.2) is 24.3 Å². The molecule has 0 amide bonds. The van der Waals surface area contributed by atoms with E-state index in [1.54, 1.807) is 13.0 Å². The maximum Gasteiger partial charge on any atom is 0.163 e. The summed E-state index contributed by atoms with van der Waals surface area (Å²) >= 11 is 0. The number of rotatable bonds is 3. The van der Waals surface area contributed by atoms with Crippen LogP contribution in [0.1, 0.15) is 12.6 Å². The molecule has 0 aliphatic heterocycles. The van der Waals surface area contributed by atoms with E-state index in [4.69, 9.17) is 10.00 Å². The Morgan fingerprint density at radius 2 is 2.33 bits per heavy atom. The molecule has 2 rings (SSSR count). The summed E-state index contributed by atoms with van der Waals surface area (Å²) in [7, 11) is 0. The van der Waals surface area contributed by atoms with Gasteiger partial charge in [0.15, 0.2) is 5.69 Å². The Bertz CT molecular complexity index is 643. The molecular formula is C13H10N4O. The van der Waals surface area contributed by atoms with Gasteiger partial charge in [0.2, 0.25) is 0 Å². The Balaban J connectivity index is 2.26. The predicted molar refractivity (Wildman–Crippen MR) is 65.5 cm³/mol. The van der Waals surface area contributed by atoms with Gasteiger partial charge in [-0.15, -0.1) is 11.0 Å². The van der Waals surface area contributed by atoms with Gasteiger partial charge < -0.3 is 4.74 Å². The highest BCUT2D eigenvalue weighted by atomic mass is 16.5. The molecule has 88 valence electrons. The summed E-state index contributed by atoms with van der Waals surface area (Å²) in [6, 6.07) is 9.31. The third-order valence-corrected chi connectivity index (χ3v) is 2.26. The van der Waals surface area contributed by atoms with E-state index < -0.39 is 0 Å². The third kappa shape index (κ3) is 2.47. The van der Waals surface area contributed by atoms with Crippen molar-refractivity contribution in [2.24, 2.45) is 0 Å². The van der Waals surface area contributed by atoms with Gasteiger partial charge in [-0.25, -0.2) is 5.10 Å². The summed E-state index contributed by atoms with van der Waals surface area (Å²) in [5, 5.41) is 18.9. The summed E-state index contributed by atoms with van der Waals surface area (Å²) in [5.41, 5.74) is 1.63. The van der Waals surface area contributed by atoms with Crippen molar-refractivity contribution >= 4 is 0 Å². The normalized spacial score (nSPS) is 9.11. The number of nitriles is 1. The molecule has 1 N–H and O–H groups in total. The molecule has 1 heterocycles. The second kappa shape index (κ2) is 5.51. The number of H-pyrrole nitrogens is 1. The molecule has 0 bridgehead atoms. The van der Waals surface area contributed by atoms with Crippen LogP contribution in [-0.2, 0) is 0 Å². The standard InChI is InChI=1S/C13H10N4O/c1-2-3-7-18-11-6-4-5-10(8-11)13-12(9-14)15-17-16-13/h4-6,8H,7H2,1H3,(H,15,16,17). The average Bonchev–Trinajstić information content (AvgIpc) is 2.88. The largest absolute Gasteiger partial charge is 0.481 e. The molecule has 0 aliphatic carbocycles. The van der Waals surface area contributed by atoms with E-state index in [0.717, 1.165) is 5.56 Å². The Morgan fingerprint density at radius 1 is 1.44 bits per heavy atom. The minimum absolute atomic E-state index is 0.334. The minimum atomic E-state index is 0.334. The molecule has 18 heavy (non-hydrogen) atoms. The van der Waals surface area contributed by atoms with Gasteiger partial charge in [0.1, 0.15) is 24.1 Å². The molecule has 1 aromatic heterocycles. The second-order valence-corrected chi connectivity index (χ2v) is 3.39. The number of nitrogens with one attached hydrogen (secondary N) is 1. The fraction of sp³-hybridized carbons (Fsp3) is 0.154. The molecule has 0 saturated heterocycles. The average molecular weight is 238 g/mol. The Kier molecular flexibility index (Phi) is 3.58. The van der Waals surface area contributed by atoms with E-state index in [-0.39, 0.29) is 0 Å². The van der Waals surface area contributed by atoms with E-state index in [9.17, 15) is 0 Å². The highest BCUT2D eigenvalue weighted by molar-refractivity contribution is 5.65. The second-order valence-electron chi connectivity index (χ2n) is 3.39. The fourth-order valence-corrected chi connectivity index (χ4v) is 1.43. The maximum atomic E-state index is 8.90. The van der Waals surface area contributed by atoms with Crippen LogP contribution in [0.2, 0.25) is 0 Å². The maximum absolute atomic E-state index is 8.90. The SMILES string of the molecule is CC#CCOc1cccc(-c2nn[nH]c2C#N)c1. The molecule has 5 heteroatoms. The van der Waals surface area contributed by atoms with E-state index in [2.05, 4.69) is 27.3 Å². The van der Waals surface area contributed by atoms with Crippen LogP contribution in [0, 0.1) is 23.2 Å². The monoisotopic (exact) mass is 238 g/mol. The summed E-state index contributed by atoms with van der Waals surface area (Å²) < 4.78 is 5.44. The molecule has 0 fully saturated rings. The number of ether oxygens (including phenoxy) is 1. The minimum Gasteiger partial charge on any atom is -0.481 e. The van der Waals surface area contributed by atoms with Crippen molar-refractivity contribution in [3.63, 3.8) is 0 Å². The van der Waals surface area contributed by atoms with Gasteiger partial charge in [-0.1, -0.05) is 23.3 Å². The van der Waals surface area contributed by atoms with Crippen molar-refractivity contribution in [3.8, 4) is 34.9 Å². The molecule has 5 nitrogen and oxygen atoms in total. The Morgan fingerprint density at radius 3 is 3.11 bits per heavy atom. The van der Waals surface area contributed by atoms with Crippen LogP contribution in [0.4, 0.5) is 0 Å². The summed E-state index contributed by atoms with van der Waals surface area (Å²) in [4.78, 5) is 0. The zero-order chi connectivity index (χ0) is 12.8. The van der Waals surface area contributed by atoms with Gasteiger partial charge in [0.05, 0.1) is 0 Å². The van der Waals surface area contributed by atoms with E-state index in [1.165, 1.54) is 0 Å². The lowest BCUT2D eigenvalue weighted by atomic mass is 10.1. The highest BCUT2D eigenvalue weighted by Gasteiger charge is 2.09. The smallest absolute Gasteiger partial charge is 0.163 e. The molecule has 2 aromatic rings. The molecular weight excluding hydrogens is 228 g/mol. The number of nitrogens with zero attached hydrogens (tertiary/aromatic N) is 3. The van der Waals surface area contributed by atoms with E-state index >= 15 is 0 Å².